The molecule has 0 unspecified atom stereocenters. The number of rotatable bonds is 6. The molecule has 0 aliphatic heterocycles. The van der Waals surface area contributed by atoms with E-state index >= 15 is 0 Å². The second-order valence-corrected chi connectivity index (χ2v) is 9.57. The summed E-state index contributed by atoms with van der Waals surface area (Å²) in [5.41, 5.74) is 0. The van der Waals surface area contributed by atoms with Crippen LogP contribution in [0.3, 0.4) is 0 Å². The van der Waals surface area contributed by atoms with Gasteiger partial charge in [-0.25, -0.2) is 8.42 Å². The van der Waals surface area contributed by atoms with Gasteiger partial charge in [0.05, 0.1) is 11.2 Å². The van der Waals surface area contributed by atoms with E-state index in [1.165, 1.54) is 18.0 Å². The molecular formula is C17H16BrNO4S2. The minimum atomic E-state index is -3.80. The second-order valence-electron chi connectivity index (χ2n) is 5.38. The Morgan fingerprint density at radius 1 is 1.24 bits per heavy atom. The summed E-state index contributed by atoms with van der Waals surface area (Å²) in [5, 5.41) is 0.395. The van der Waals surface area contributed by atoms with Crippen LogP contribution in [0.25, 0.3) is 11.7 Å². The third-order valence-electron chi connectivity index (χ3n) is 3.56. The summed E-state index contributed by atoms with van der Waals surface area (Å²) < 4.78 is 37.9. The average Bonchev–Trinajstić information content (AvgIpc) is 3.24. The first-order valence-electron chi connectivity index (χ1n) is 7.64. The zero-order chi connectivity index (χ0) is 18.0. The van der Waals surface area contributed by atoms with Gasteiger partial charge < -0.3 is 8.83 Å². The summed E-state index contributed by atoms with van der Waals surface area (Å²) in [4.78, 5) is 4.40. The standard InChI is InChI=1S/C17H16BrNO4S2/c1-3-11(2)24-17-16(19-15(23-17)14-5-4-10-22-14)25(20,21)13-8-6-12(18)7-9-13/h4-11H,3H2,1-2H3/t11-/m0/s1. The Kier molecular flexibility index (Phi) is 5.41. The maximum atomic E-state index is 13.0. The number of thioether (sulfide) groups is 1. The van der Waals surface area contributed by atoms with Crippen molar-refractivity contribution < 1.29 is 17.3 Å². The monoisotopic (exact) mass is 441 g/mol. The predicted octanol–water partition coefficient (Wildman–Crippen LogP) is 5.42. The summed E-state index contributed by atoms with van der Waals surface area (Å²) in [5.74, 6) is 0.551. The van der Waals surface area contributed by atoms with Crippen LogP contribution in [-0.2, 0) is 9.84 Å². The van der Waals surface area contributed by atoms with Gasteiger partial charge >= 0.3 is 0 Å². The number of oxazole rings is 1. The Labute approximate surface area is 158 Å². The van der Waals surface area contributed by atoms with Crippen LogP contribution >= 0.6 is 27.7 Å². The van der Waals surface area contributed by atoms with Gasteiger partial charge in [-0.05, 0) is 42.8 Å². The van der Waals surface area contributed by atoms with Gasteiger partial charge in [-0.1, -0.05) is 41.5 Å². The van der Waals surface area contributed by atoms with E-state index in [-0.39, 0.29) is 26.2 Å². The molecule has 0 N–H and O–H groups in total. The van der Waals surface area contributed by atoms with Crippen molar-refractivity contribution in [3.8, 4) is 11.7 Å². The topological polar surface area (TPSA) is 73.3 Å². The molecular weight excluding hydrogens is 426 g/mol. The first-order chi connectivity index (χ1) is 11.9. The highest BCUT2D eigenvalue weighted by Gasteiger charge is 2.30. The van der Waals surface area contributed by atoms with Crippen molar-refractivity contribution in [2.45, 2.75) is 40.5 Å². The first-order valence-corrected chi connectivity index (χ1v) is 10.8. The van der Waals surface area contributed by atoms with Gasteiger partial charge in [0.25, 0.3) is 5.89 Å². The molecule has 8 heteroatoms. The number of sulfone groups is 1. The molecule has 0 spiro atoms. The Morgan fingerprint density at radius 2 is 1.96 bits per heavy atom. The van der Waals surface area contributed by atoms with Gasteiger partial charge in [0.1, 0.15) is 0 Å². The fourth-order valence-corrected chi connectivity index (χ4v) is 4.76. The molecule has 0 saturated heterocycles. The number of nitrogens with zero attached hydrogens (tertiary/aromatic N) is 1. The van der Waals surface area contributed by atoms with Crippen LogP contribution in [0.5, 0.6) is 0 Å². The van der Waals surface area contributed by atoms with Crippen LogP contribution < -0.4 is 0 Å². The fourth-order valence-electron chi connectivity index (χ4n) is 2.03. The largest absolute Gasteiger partial charge is 0.459 e. The summed E-state index contributed by atoms with van der Waals surface area (Å²) in [6, 6.07) is 9.82. The molecule has 25 heavy (non-hydrogen) atoms. The van der Waals surface area contributed by atoms with E-state index in [9.17, 15) is 8.42 Å². The van der Waals surface area contributed by atoms with Crippen molar-refractivity contribution in [1.29, 1.82) is 0 Å². The third kappa shape index (κ3) is 3.86. The number of aromatic nitrogens is 1. The lowest BCUT2D eigenvalue weighted by atomic mass is 10.4. The second kappa shape index (κ2) is 7.39. The predicted molar refractivity (Wildman–Crippen MR) is 99.4 cm³/mol. The van der Waals surface area contributed by atoms with E-state index in [4.69, 9.17) is 8.83 Å². The van der Waals surface area contributed by atoms with Crippen molar-refractivity contribution in [2.75, 3.05) is 0 Å². The first kappa shape index (κ1) is 18.3. The van der Waals surface area contributed by atoms with Crippen LogP contribution in [-0.4, -0.2) is 18.7 Å². The normalized spacial score (nSPS) is 13.1. The highest BCUT2D eigenvalue weighted by molar-refractivity contribution is 9.10. The van der Waals surface area contributed by atoms with Crippen LogP contribution in [0, 0.1) is 0 Å². The fraction of sp³-hybridized carbons (Fsp3) is 0.235. The molecule has 0 amide bonds. The molecule has 5 nitrogen and oxygen atoms in total. The summed E-state index contributed by atoms with van der Waals surface area (Å²) in [6.45, 7) is 4.04. The van der Waals surface area contributed by atoms with Crippen molar-refractivity contribution in [3.63, 3.8) is 0 Å². The molecule has 0 saturated carbocycles. The van der Waals surface area contributed by atoms with Gasteiger partial charge in [-0.2, -0.15) is 4.98 Å². The quantitative estimate of drug-likeness (QED) is 0.475. The molecule has 2 aromatic heterocycles. The highest BCUT2D eigenvalue weighted by atomic mass is 79.9. The third-order valence-corrected chi connectivity index (χ3v) is 7.12. The lowest BCUT2D eigenvalue weighted by Gasteiger charge is -2.07. The number of halogens is 1. The van der Waals surface area contributed by atoms with Crippen LogP contribution in [0.15, 0.2) is 71.0 Å². The number of benzene rings is 1. The zero-order valence-electron chi connectivity index (χ0n) is 13.6. The van der Waals surface area contributed by atoms with Crippen molar-refractivity contribution in [1.82, 2.24) is 4.98 Å². The van der Waals surface area contributed by atoms with Gasteiger partial charge in [0.2, 0.25) is 20.0 Å². The summed E-state index contributed by atoms with van der Waals surface area (Å²) >= 11 is 4.66. The molecule has 0 bridgehead atoms. The minimum absolute atomic E-state index is 0.0773. The smallest absolute Gasteiger partial charge is 0.265 e. The Bertz CT molecular complexity index is 947. The summed E-state index contributed by atoms with van der Waals surface area (Å²) in [6.07, 6.45) is 2.36. The molecule has 0 radical (unpaired) electrons. The van der Waals surface area contributed by atoms with Crippen molar-refractivity contribution in [3.05, 3.63) is 47.1 Å². The van der Waals surface area contributed by atoms with Crippen LogP contribution in [0.1, 0.15) is 20.3 Å². The van der Waals surface area contributed by atoms with E-state index in [2.05, 4.69) is 20.9 Å². The molecule has 3 aromatic rings. The maximum Gasteiger partial charge on any atom is 0.265 e. The lowest BCUT2D eigenvalue weighted by Crippen LogP contribution is -2.04. The average molecular weight is 442 g/mol. The van der Waals surface area contributed by atoms with Gasteiger partial charge in [0.15, 0.2) is 5.76 Å². The highest BCUT2D eigenvalue weighted by Crippen LogP contribution is 2.37. The number of hydrogen-bond acceptors (Lipinski definition) is 6. The number of hydrogen-bond donors (Lipinski definition) is 0. The maximum absolute atomic E-state index is 13.0. The Hall–Kier alpha value is -1.51. The summed E-state index contributed by atoms with van der Waals surface area (Å²) in [7, 11) is -3.80. The van der Waals surface area contributed by atoms with Gasteiger partial charge in [-0.3, -0.25) is 0 Å². The minimum Gasteiger partial charge on any atom is -0.459 e. The van der Waals surface area contributed by atoms with Gasteiger partial charge in [-0.15, -0.1) is 0 Å². The molecule has 0 aliphatic rings. The van der Waals surface area contributed by atoms with Crippen LogP contribution in [0.4, 0.5) is 0 Å². The van der Waals surface area contributed by atoms with Crippen molar-refractivity contribution >= 4 is 37.5 Å². The van der Waals surface area contributed by atoms with Crippen molar-refractivity contribution in [2.24, 2.45) is 0 Å². The van der Waals surface area contributed by atoms with Gasteiger partial charge in [0, 0.05) is 9.72 Å². The zero-order valence-corrected chi connectivity index (χ0v) is 16.8. The molecule has 0 fully saturated rings. The molecule has 1 atom stereocenters. The Morgan fingerprint density at radius 3 is 2.56 bits per heavy atom. The number of furan rings is 1. The molecule has 0 aliphatic carbocycles. The van der Waals surface area contributed by atoms with E-state index in [1.54, 1.807) is 36.4 Å². The lowest BCUT2D eigenvalue weighted by molar-refractivity contribution is 0.450. The molecule has 3 rings (SSSR count). The van der Waals surface area contributed by atoms with E-state index in [0.717, 1.165) is 10.9 Å². The van der Waals surface area contributed by atoms with Crippen LogP contribution in [0.2, 0.25) is 0 Å². The van der Waals surface area contributed by atoms with E-state index in [0.29, 0.717) is 5.76 Å². The SMILES string of the molecule is CC[C@H](C)Sc1oc(-c2ccco2)nc1S(=O)(=O)c1ccc(Br)cc1. The molecule has 132 valence electrons. The van der Waals surface area contributed by atoms with E-state index in [1.807, 2.05) is 13.8 Å². The molecule has 1 aromatic carbocycles. The Balaban J connectivity index is 2.10. The molecule has 2 heterocycles. The van der Waals surface area contributed by atoms with E-state index < -0.39 is 9.84 Å².